The van der Waals surface area contributed by atoms with Crippen LogP contribution < -0.4 is 5.73 Å². The monoisotopic (exact) mass is 204 g/mol. The molecule has 1 atom stereocenters. The van der Waals surface area contributed by atoms with Gasteiger partial charge in [-0.15, -0.1) is 0 Å². The average molecular weight is 204 g/mol. The molecule has 1 aromatic heterocycles. The fraction of sp³-hybridized carbons (Fsp3) is 0.615. The van der Waals surface area contributed by atoms with Gasteiger partial charge < -0.3 is 5.73 Å². The Morgan fingerprint density at radius 2 is 2.07 bits per heavy atom. The van der Waals surface area contributed by atoms with Gasteiger partial charge in [0.25, 0.3) is 0 Å². The van der Waals surface area contributed by atoms with Gasteiger partial charge in [-0.1, -0.05) is 20.8 Å². The first-order valence-corrected chi connectivity index (χ1v) is 5.65. The molecule has 0 saturated carbocycles. The van der Waals surface area contributed by atoms with E-state index in [4.69, 9.17) is 5.73 Å². The summed E-state index contributed by atoms with van der Waals surface area (Å²) < 4.78 is 0. The number of hydrogen-bond donors (Lipinski definition) is 1. The molecular formula is C13H20N2. The number of nitrogen functional groups attached to an aromatic ring is 1. The first kappa shape index (κ1) is 10.5. The van der Waals surface area contributed by atoms with Gasteiger partial charge in [-0.05, 0) is 48.3 Å². The molecule has 82 valence electrons. The molecule has 0 saturated heterocycles. The summed E-state index contributed by atoms with van der Waals surface area (Å²) in [5.41, 5.74) is 10.1. The third-order valence-corrected chi connectivity index (χ3v) is 3.43. The number of nitrogens with two attached hydrogens (primary N) is 1. The Balaban J connectivity index is 2.51. The number of pyridine rings is 1. The molecule has 0 aliphatic heterocycles. The summed E-state index contributed by atoms with van der Waals surface area (Å²) in [5.74, 6) is 1.31. The SMILES string of the molecule is Cc1cc(N)nc2c1C(C(C)(C)C)CC2. The maximum Gasteiger partial charge on any atom is 0.123 e. The molecule has 2 N–H and O–H groups in total. The number of nitrogens with zero attached hydrogens (tertiary/aromatic N) is 1. The van der Waals surface area contributed by atoms with Crippen LogP contribution in [0.3, 0.4) is 0 Å². The molecular weight excluding hydrogens is 184 g/mol. The van der Waals surface area contributed by atoms with Gasteiger partial charge in [0.1, 0.15) is 5.82 Å². The van der Waals surface area contributed by atoms with Gasteiger partial charge in [0.05, 0.1) is 0 Å². The standard InChI is InChI=1S/C13H20N2/c1-8-7-11(14)15-10-6-5-9(12(8)10)13(2,3)4/h7,9H,5-6H2,1-4H3,(H2,14,15). The Morgan fingerprint density at radius 1 is 1.40 bits per heavy atom. The second kappa shape index (κ2) is 3.22. The fourth-order valence-electron chi connectivity index (χ4n) is 2.73. The molecule has 0 radical (unpaired) electrons. The minimum absolute atomic E-state index is 0.327. The van der Waals surface area contributed by atoms with Crippen molar-refractivity contribution >= 4 is 5.82 Å². The van der Waals surface area contributed by atoms with Crippen molar-refractivity contribution in [1.29, 1.82) is 0 Å². The minimum atomic E-state index is 0.327. The van der Waals surface area contributed by atoms with Crippen LogP contribution in [-0.4, -0.2) is 4.98 Å². The van der Waals surface area contributed by atoms with Gasteiger partial charge >= 0.3 is 0 Å². The van der Waals surface area contributed by atoms with Crippen molar-refractivity contribution in [3.05, 3.63) is 22.9 Å². The summed E-state index contributed by atoms with van der Waals surface area (Å²) in [6.07, 6.45) is 2.30. The predicted octanol–water partition coefficient (Wildman–Crippen LogP) is 3.05. The van der Waals surface area contributed by atoms with Crippen LogP contribution in [-0.2, 0) is 6.42 Å². The van der Waals surface area contributed by atoms with Crippen LogP contribution in [0, 0.1) is 12.3 Å². The number of hydrogen-bond acceptors (Lipinski definition) is 2. The van der Waals surface area contributed by atoms with E-state index in [0.717, 1.165) is 6.42 Å². The van der Waals surface area contributed by atoms with E-state index in [1.54, 1.807) is 0 Å². The summed E-state index contributed by atoms with van der Waals surface area (Å²) in [6.45, 7) is 9.08. The van der Waals surface area contributed by atoms with E-state index in [1.165, 1.54) is 23.2 Å². The number of aryl methyl sites for hydroxylation is 2. The van der Waals surface area contributed by atoms with Crippen LogP contribution in [0.5, 0.6) is 0 Å². The number of rotatable bonds is 0. The topological polar surface area (TPSA) is 38.9 Å². The van der Waals surface area contributed by atoms with Gasteiger partial charge in [0.15, 0.2) is 0 Å². The lowest BCUT2D eigenvalue weighted by molar-refractivity contribution is 0.318. The molecule has 0 bridgehead atoms. The Morgan fingerprint density at radius 3 is 2.67 bits per heavy atom. The van der Waals surface area contributed by atoms with Crippen LogP contribution in [0.15, 0.2) is 6.07 Å². The molecule has 1 aromatic rings. The van der Waals surface area contributed by atoms with Gasteiger partial charge in [0, 0.05) is 5.69 Å². The van der Waals surface area contributed by atoms with E-state index in [1.807, 2.05) is 6.07 Å². The predicted molar refractivity (Wildman–Crippen MR) is 63.9 cm³/mol. The summed E-state index contributed by atoms with van der Waals surface area (Å²) in [6, 6.07) is 2.00. The Kier molecular flexibility index (Phi) is 2.25. The van der Waals surface area contributed by atoms with Crippen LogP contribution in [0.25, 0.3) is 0 Å². The second-order valence-electron chi connectivity index (χ2n) is 5.68. The lowest BCUT2D eigenvalue weighted by atomic mass is 9.76. The summed E-state index contributed by atoms with van der Waals surface area (Å²) >= 11 is 0. The highest BCUT2D eigenvalue weighted by atomic mass is 14.8. The zero-order valence-corrected chi connectivity index (χ0v) is 10.1. The molecule has 0 aromatic carbocycles. The Labute approximate surface area is 91.9 Å². The molecule has 1 aliphatic carbocycles. The third kappa shape index (κ3) is 1.73. The Bertz CT molecular complexity index is 388. The number of fused-ring (bicyclic) bond motifs is 1. The van der Waals surface area contributed by atoms with E-state index in [2.05, 4.69) is 32.7 Å². The second-order valence-corrected chi connectivity index (χ2v) is 5.68. The minimum Gasteiger partial charge on any atom is -0.384 e. The molecule has 2 nitrogen and oxygen atoms in total. The molecule has 15 heavy (non-hydrogen) atoms. The molecule has 1 aliphatic rings. The highest BCUT2D eigenvalue weighted by molar-refractivity contribution is 5.45. The molecule has 2 heteroatoms. The zero-order valence-electron chi connectivity index (χ0n) is 10.1. The largest absolute Gasteiger partial charge is 0.384 e. The van der Waals surface area contributed by atoms with Gasteiger partial charge in [0.2, 0.25) is 0 Å². The van der Waals surface area contributed by atoms with Gasteiger partial charge in [-0.3, -0.25) is 0 Å². The van der Waals surface area contributed by atoms with Crippen molar-refractivity contribution in [2.45, 2.75) is 46.5 Å². The Hall–Kier alpha value is -1.05. The first-order valence-electron chi connectivity index (χ1n) is 5.65. The lowest BCUT2D eigenvalue weighted by Gasteiger charge is -2.28. The van der Waals surface area contributed by atoms with Crippen molar-refractivity contribution < 1.29 is 0 Å². The third-order valence-electron chi connectivity index (χ3n) is 3.43. The normalized spacial score (nSPS) is 20.4. The summed E-state index contributed by atoms with van der Waals surface area (Å²) in [4.78, 5) is 4.46. The van der Waals surface area contributed by atoms with E-state index in [0.29, 0.717) is 17.2 Å². The van der Waals surface area contributed by atoms with E-state index in [-0.39, 0.29) is 0 Å². The fourth-order valence-corrected chi connectivity index (χ4v) is 2.73. The zero-order chi connectivity index (χ0) is 11.2. The molecule has 2 rings (SSSR count). The number of anilines is 1. The highest BCUT2D eigenvalue weighted by Crippen LogP contribution is 2.45. The van der Waals surface area contributed by atoms with Crippen LogP contribution in [0.1, 0.15) is 49.9 Å². The maximum absolute atomic E-state index is 5.78. The van der Waals surface area contributed by atoms with Crippen LogP contribution >= 0.6 is 0 Å². The molecule has 0 fully saturated rings. The summed E-state index contributed by atoms with van der Waals surface area (Å²) in [7, 11) is 0. The average Bonchev–Trinajstić information content (AvgIpc) is 2.45. The lowest BCUT2D eigenvalue weighted by Crippen LogP contribution is -2.17. The molecule has 0 amide bonds. The van der Waals surface area contributed by atoms with Crippen molar-refractivity contribution in [2.75, 3.05) is 5.73 Å². The van der Waals surface area contributed by atoms with E-state index in [9.17, 15) is 0 Å². The molecule has 1 unspecified atom stereocenters. The van der Waals surface area contributed by atoms with Crippen molar-refractivity contribution in [3.8, 4) is 0 Å². The first-order chi connectivity index (χ1) is 6.89. The summed E-state index contributed by atoms with van der Waals surface area (Å²) in [5, 5.41) is 0. The van der Waals surface area contributed by atoms with Crippen LogP contribution in [0.4, 0.5) is 5.82 Å². The smallest absolute Gasteiger partial charge is 0.123 e. The molecule has 0 spiro atoms. The van der Waals surface area contributed by atoms with Crippen LogP contribution in [0.2, 0.25) is 0 Å². The van der Waals surface area contributed by atoms with Crippen molar-refractivity contribution in [3.63, 3.8) is 0 Å². The highest BCUT2D eigenvalue weighted by Gasteiger charge is 2.34. The quantitative estimate of drug-likeness (QED) is 0.705. The van der Waals surface area contributed by atoms with Gasteiger partial charge in [-0.2, -0.15) is 0 Å². The van der Waals surface area contributed by atoms with E-state index >= 15 is 0 Å². The van der Waals surface area contributed by atoms with Crippen molar-refractivity contribution in [2.24, 2.45) is 5.41 Å². The van der Waals surface area contributed by atoms with Gasteiger partial charge in [-0.25, -0.2) is 4.98 Å². The number of aromatic nitrogens is 1. The van der Waals surface area contributed by atoms with Crippen molar-refractivity contribution in [1.82, 2.24) is 4.98 Å². The molecule has 1 heterocycles. The maximum atomic E-state index is 5.78. The van der Waals surface area contributed by atoms with E-state index < -0.39 is 0 Å².